The third-order valence-electron chi connectivity index (χ3n) is 2.51. The fourth-order valence-corrected chi connectivity index (χ4v) is 1.62. The van der Waals surface area contributed by atoms with Crippen LogP contribution in [-0.2, 0) is 0 Å². The maximum atomic E-state index is 12.3. The summed E-state index contributed by atoms with van der Waals surface area (Å²) in [6, 6.07) is 3.64. The second-order valence-corrected chi connectivity index (χ2v) is 4.15. The zero-order chi connectivity index (χ0) is 14.8. The summed E-state index contributed by atoms with van der Waals surface area (Å²) in [6.07, 6.45) is -5.38. The van der Waals surface area contributed by atoms with Crippen LogP contribution < -0.4 is 4.90 Å². The molecule has 0 aliphatic carbocycles. The monoisotopic (exact) mass is 278 g/mol. The first-order valence-electron chi connectivity index (χ1n) is 5.36. The standard InChI is InChI=1S/C11H13F3N2O3/c1-7(17)8-3-4-9(10(5-8)16(18)19)15(2)6-11(12,13)14/h3-5,7,17H,6H2,1-2H3. The highest BCUT2D eigenvalue weighted by Crippen LogP contribution is 2.32. The Morgan fingerprint density at radius 3 is 2.47 bits per heavy atom. The molecule has 0 saturated carbocycles. The van der Waals surface area contributed by atoms with E-state index in [0.29, 0.717) is 0 Å². The second-order valence-electron chi connectivity index (χ2n) is 4.15. The summed E-state index contributed by atoms with van der Waals surface area (Å²) in [6.45, 7) is 0.125. The predicted molar refractivity (Wildman–Crippen MR) is 63.1 cm³/mol. The van der Waals surface area contributed by atoms with Crippen LogP contribution in [0.25, 0.3) is 0 Å². The molecule has 0 radical (unpaired) electrons. The van der Waals surface area contributed by atoms with Crippen molar-refractivity contribution in [2.75, 3.05) is 18.5 Å². The van der Waals surface area contributed by atoms with Gasteiger partial charge in [0.25, 0.3) is 5.69 Å². The lowest BCUT2D eigenvalue weighted by molar-refractivity contribution is -0.384. The number of nitro groups is 1. The van der Waals surface area contributed by atoms with E-state index in [9.17, 15) is 28.4 Å². The minimum Gasteiger partial charge on any atom is -0.389 e. The van der Waals surface area contributed by atoms with Crippen LogP contribution in [0.5, 0.6) is 0 Å². The molecule has 1 aromatic rings. The molecule has 5 nitrogen and oxygen atoms in total. The second kappa shape index (κ2) is 5.43. The first-order chi connectivity index (χ1) is 8.61. The Hall–Kier alpha value is -1.83. The third-order valence-corrected chi connectivity index (χ3v) is 2.51. The molecule has 8 heteroatoms. The molecule has 0 amide bonds. The lowest BCUT2D eigenvalue weighted by Gasteiger charge is -2.21. The van der Waals surface area contributed by atoms with E-state index in [1.165, 1.54) is 19.1 Å². The van der Waals surface area contributed by atoms with Crippen molar-refractivity contribution in [3.05, 3.63) is 33.9 Å². The molecule has 0 aliphatic rings. The van der Waals surface area contributed by atoms with Gasteiger partial charge in [-0.1, -0.05) is 6.07 Å². The van der Waals surface area contributed by atoms with Crippen LogP contribution in [0.4, 0.5) is 24.5 Å². The highest BCUT2D eigenvalue weighted by Gasteiger charge is 2.31. The minimum atomic E-state index is -4.45. The summed E-state index contributed by atoms with van der Waals surface area (Å²) in [5, 5.41) is 20.2. The van der Waals surface area contributed by atoms with Gasteiger partial charge in [-0.25, -0.2) is 0 Å². The number of hydrogen-bond donors (Lipinski definition) is 1. The molecule has 0 aromatic heterocycles. The number of rotatable bonds is 4. The Morgan fingerprint density at radius 2 is 2.05 bits per heavy atom. The molecule has 19 heavy (non-hydrogen) atoms. The maximum absolute atomic E-state index is 12.3. The first kappa shape index (κ1) is 15.2. The fourth-order valence-electron chi connectivity index (χ4n) is 1.62. The summed E-state index contributed by atoms with van der Waals surface area (Å²) in [4.78, 5) is 10.9. The number of benzene rings is 1. The van der Waals surface area contributed by atoms with Crippen molar-refractivity contribution in [2.45, 2.75) is 19.2 Å². The van der Waals surface area contributed by atoms with Gasteiger partial charge in [-0.3, -0.25) is 10.1 Å². The molecule has 0 saturated heterocycles. The van der Waals surface area contributed by atoms with Crippen LogP contribution in [0.2, 0.25) is 0 Å². The Morgan fingerprint density at radius 1 is 1.47 bits per heavy atom. The summed E-state index contributed by atoms with van der Waals surface area (Å²) < 4.78 is 36.8. The molecule has 0 heterocycles. The number of aliphatic hydroxyl groups excluding tert-OH is 1. The highest BCUT2D eigenvalue weighted by atomic mass is 19.4. The van der Waals surface area contributed by atoms with E-state index in [1.54, 1.807) is 0 Å². The number of alkyl halides is 3. The van der Waals surface area contributed by atoms with Crippen LogP contribution in [0.1, 0.15) is 18.6 Å². The van der Waals surface area contributed by atoms with Crippen LogP contribution >= 0.6 is 0 Å². The summed E-state index contributed by atoms with van der Waals surface area (Å²) in [5.74, 6) is 0. The molecular formula is C11H13F3N2O3. The number of hydrogen-bond acceptors (Lipinski definition) is 4. The molecule has 106 valence electrons. The van der Waals surface area contributed by atoms with Crippen molar-refractivity contribution in [2.24, 2.45) is 0 Å². The number of anilines is 1. The molecule has 1 rings (SSSR count). The van der Waals surface area contributed by atoms with Gasteiger partial charge in [0.15, 0.2) is 0 Å². The number of nitrogens with zero attached hydrogens (tertiary/aromatic N) is 2. The number of halogens is 3. The topological polar surface area (TPSA) is 66.6 Å². The predicted octanol–water partition coefficient (Wildman–Crippen LogP) is 2.65. The van der Waals surface area contributed by atoms with Crippen molar-refractivity contribution >= 4 is 11.4 Å². The number of aliphatic hydroxyl groups is 1. The molecule has 0 fully saturated rings. The molecule has 1 unspecified atom stereocenters. The van der Waals surface area contributed by atoms with Gasteiger partial charge in [0.1, 0.15) is 12.2 Å². The lowest BCUT2D eigenvalue weighted by Crippen LogP contribution is -2.31. The Balaban J connectivity index is 3.17. The summed E-state index contributed by atoms with van der Waals surface area (Å²) in [7, 11) is 1.12. The average molecular weight is 278 g/mol. The maximum Gasteiger partial charge on any atom is 0.405 e. The third kappa shape index (κ3) is 4.09. The van der Waals surface area contributed by atoms with Gasteiger partial charge in [-0.05, 0) is 18.6 Å². The fraction of sp³-hybridized carbons (Fsp3) is 0.455. The van der Waals surface area contributed by atoms with Crippen LogP contribution in [0, 0.1) is 10.1 Å². The largest absolute Gasteiger partial charge is 0.405 e. The van der Waals surface area contributed by atoms with Crippen LogP contribution in [-0.4, -0.2) is 29.8 Å². The Labute approximate surface area is 107 Å². The van der Waals surface area contributed by atoms with Gasteiger partial charge in [-0.2, -0.15) is 13.2 Å². The van der Waals surface area contributed by atoms with Gasteiger partial charge < -0.3 is 10.0 Å². The van der Waals surface area contributed by atoms with Crippen LogP contribution in [0.3, 0.4) is 0 Å². The Bertz CT molecular complexity index is 475. The van der Waals surface area contributed by atoms with Gasteiger partial charge in [0.2, 0.25) is 0 Å². The van der Waals surface area contributed by atoms with E-state index in [0.717, 1.165) is 18.0 Å². The van der Waals surface area contributed by atoms with Crippen molar-refractivity contribution in [3.8, 4) is 0 Å². The summed E-state index contributed by atoms with van der Waals surface area (Å²) in [5.41, 5.74) is -0.340. The van der Waals surface area contributed by atoms with Gasteiger partial charge in [0, 0.05) is 13.1 Å². The van der Waals surface area contributed by atoms with Crippen molar-refractivity contribution in [1.29, 1.82) is 0 Å². The van der Waals surface area contributed by atoms with Gasteiger partial charge >= 0.3 is 6.18 Å². The minimum absolute atomic E-state index is 0.147. The zero-order valence-corrected chi connectivity index (χ0v) is 10.3. The lowest BCUT2D eigenvalue weighted by atomic mass is 10.1. The van der Waals surface area contributed by atoms with E-state index < -0.39 is 29.4 Å². The molecule has 0 bridgehead atoms. The quantitative estimate of drug-likeness (QED) is 0.679. The SMILES string of the molecule is CC(O)c1ccc(N(C)CC(F)(F)F)c([N+](=O)[O-])c1. The van der Waals surface area contributed by atoms with Crippen molar-refractivity contribution in [3.63, 3.8) is 0 Å². The normalized spacial score (nSPS) is 13.2. The molecule has 1 N–H and O–H groups in total. The smallest absolute Gasteiger partial charge is 0.389 e. The molecule has 1 atom stereocenters. The van der Waals surface area contributed by atoms with E-state index >= 15 is 0 Å². The Kier molecular flexibility index (Phi) is 4.35. The van der Waals surface area contributed by atoms with Crippen molar-refractivity contribution < 1.29 is 23.2 Å². The number of nitro benzene ring substituents is 1. The van der Waals surface area contributed by atoms with E-state index in [-0.39, 0.29) is 11.3 Å². The van der Waals surface area contributed by atoms with Crippen LogP contribution in [0.15, 0.2) is 18.2 Å². The first-order valence-corrected chi connectivity index (χ1v) is 5.36. The average Bonchev–Trinajstić information content (AvgIpc) is 2.25. The molecule has 1 aromatic carbocycles. The van der Waals surface area contributed by atoms with E-state index in [1.807, 2.05) is 0 Å². The molecule has 0 spiro atoms. The van der Waals surface area contributed by atoms with E-state index in [2.05, 4.69) is 0 Å². The zero-order valence-electron chi connectivity index (χ0n) is 10.3. The summed E-state index contributed by atoms with van der Waals surface area (Å²) >= 11 is 0. The highest BCUT2D eigenvalue weighted by molar-refractivity contribution is 5.64. The molecular weight excluding hydrogens is 265 g/mol. The van der Waals surface area contributed by atoms with E-state index in [4.69, 9.17) is 0 Å². The van der Waals surface area contributed by atoms with Crippen molar-refractivity contribution in [1.82, 2.24) is 0 Å². The molecule has 0 aliphatic heterocycles. The van der Waals surface area contributed by atoms with Gasteiger partial charge in [-0.15, -0.1) is 0 Å². The van der Waals surface area contributed by atoms with Gasteiger partial charge in [0.05, 0.1) is 11.0 Å².